The highest BCUT2D eigenvalue weighted by atomic mass is 16.6. The Morgan fingerprint density at radius 1 is 1.19 bits per heavy atom. The molecule has 27 heavy (non-hydrogen) atoms. The number of nitro benzene ring substituents is 1. The van der Waals surface area contributed by atoms with E-state index in [2.05, 4.69) is 23.3 Å². The zero-order valence-corrected chi connectivity index (χ0v) is 14.6. The lowest BCUT2D eigenvalue weighted by atomic mass is 9.89. The fourth-order valence-electron chi connectivity index (χ4n) is 3.82. The quantitative estimate of drug-likeness (QED) is 0.545. The van der Waals surface area contributed by atoms with Crippen LogP contribution in [0, 0.1) is 10.1 Å². The molecular formula is C20H19N3O4. The number of hydrogen-bond acceptors (Lipinski definition) is 4. The Kier molecular flexibility index (Phi) is 4.27. The van der Waals surface area contributed by atoms with Gasteiger partial charge in [0.2, 0.25) is 0 Å². The molecule has 0 saturated carbocycles. The summed E-state index contributed by atoms with van der Waals surface area (Å²) in [5, 5.41) is 21.8. The van der Waals surface area contributed by atoms with Crippen molar-refractivity contribution in [3.05, 3.63) is 69.9 Å². The molecule has 4 rings (SSSR count). The fourth-order valence-corrected chi connectivity index (χ4v) is 3.82. The highest BCUT2D eigenvalue weighted by molar-refractivity contribution is 5.95. The Labute approximate surface area is 155 Å². The summed E-state index contributed by atoms with van der Waals surface area (Å²) >= 11 is 0. The molecule has 1 fully saturated rings. The van der Waals surface area contributed by atoms with Gasteiger partial charge in [-0.1, -0.05) is 18.2 Å². The van der Waals surface area contributed by atoms with E-state index in [0.29, 0.717) is 19.0 Å². The third-order valence-corrected chi connectivity index (χ3v) is 5.26. The van der Waals surface area contributed by atoms with E-state index in [-0.39, 0.29) is 11.5 Å². The lowest BCUT2D eigenvalue weighted by Crippen LogP contribution is -2.37. The van der Waals surface area contributed by atoms with Crippen LogP contribution >= 0.6 is 0 Å². The number of H-pyrrole nitrogens is 1. The van der Waals surface area contributed by atoms with Crippen LogP contribution in [0.25, 0.3) is 10.9 Å². The molecule has 0 bridgehead atoms. The van der Waals surface area contributed by atoms with E-state index < -0.39 is 16.4 Å². The second kappa shape index (κ2) is 6.75. The molecule has 1 amide bonds. The number of nitro groups is 1. The predicted octanol–water partition coefficient (Wildman–Crippen LogP) is 3.80. The average molecular weight is 365 g/mol. The van der Waals surface area contributed by atoms with Crippen LogP contribution in [0.4, 0.5) is 5.69 Å². The molecule has 138 valence electrons. The lowest BCUT2D eigenvalue weighted by Gasteiger charge is -2.32. The van der Waals surface area contributed by atoms with Gasteiger partial charge in [-0.15, -0.1) is 0 Å². The summed E-state index contributed by atoms with van der Waals surface area (Å²) in [6.45, 7) is 1.22. The number of rotatable bonds is 3. The lowest BCUT2D eigenvalue weighted by molar-refractivity contribution is -0.385. The van der Waals surface area contributed by atoms with Crippen molar-refractivity contribution < 1.29 is 14.8 Å². The first-order chi connectivity index (χ1) is 13.0. The van der Waals surface area contributed by atoms with Crippen molar-refractivity contribution in [2.24, 2.45) is 0 Å². The number of likely N-dealkylation sites (tertiary alicyclic amines) is 1. The average Bonchev–Trinajstić information content (AvgIpc) is 3.11. The minimum Gasteiger partial charge on any atom is -0.502 e. The number of amides is 1. The summed E-state index contributed by atoms with van der Waals surface area (Å²) in [5.74, 6) is -0.312. The number of nitrogens with one attached hydrogen (secondary N) is 1. The summed E-state index contributed by atoms with van der Waals surface area (Å²) in [6, 6.07) is 11.9. The van der Waals surface area contributed by atoms with Gasteiger partial charge >= 0.3 is 5.69 Å². The van der Waals surface area contributed by atoms with Crippen LogP contribution in [0.2, 0.25) is 0 Å². The number of para-hydroxylation sites is 1. The Hall–Kier alpha value is -3.35. The normalized spacial score (nSPS) is 15.2. The highest BCUT2D eigenvalue weighted by Gasteiger charge is 2.27. The van der Waals surface area contributed by atoms with Crippen LogP contribution in [0.1, 0.15) is 34.7 Å². The molecule has 7 heteroatoms. The molecule has 1 aliphatic rings. The molecule has 1 aromatic heterocycles. The molecule has 0 aliphatic carbocycles. The topological polar surface area (TPSA) is 99.5 Å². The predicted molar refractivity (Wildman–Crippen MR) is 101 cm³/mol. The number of aromatic nitrogens is 1. The number of benzene rings is 2. The first-order valence-corrected chi connectivity index (χ1v) is 8.87. The maximum Gasteiger partial charge on any atom is 0.310 e. The summed E-state index contributed by atoms with van der Waals surface area (Å²) < 4.78 is 0. The summed E-state index contributed by atoms with van der Waals surface area (Å²) in [4.78, 5) is 27.8. The van der Waals surface area contributed by atoms with Crippen molar-refractivity contribution in [3.8, 4) is 5.75 Å². The third-order valence-electron chi connectivity index (χ3n) is 5.26. The first-order valence-electron chi connectivity index (χ1n) is 8.87. The summed E-state index contributed by atoms with van der Waals surface area (Å²) in [5.41, 5.74) is 2.27. The molecule has 0 atom stereocenters. The van der Waals surface area contributed by atoms with E-state index in [1.165, 1.54) is 29.1 Å². The Morgan fingerprint density at radius 2 is 1.93 bits per heavy atom. The smallest absolute Gasteiger partial charge is 0.310 e. The van der Waals surface area contributed by atoms with E-state index in [0.717, 1.165) is 18.4 Å². The molecule has 7 nitrogen and oxygen atoms in total. The van der Waals surface area contributed by atoms with Crippen LogP contribution < -0.4 is 0 Å². The number of carbonyl (C=O) groups is 1. The van der Waals surface area contributed by atoms with Gasteiger partial charge in [-0.25, -0.2) is 0 Å². The molecule has 0 radical (unpaired) electrons. The zero-order valence-electron chi connectivity index (χ0n) is 14.6. The summed E-state index contributed by atoms with van der Waals surface area (Å²) in [6.07, 6.45) is 3.76. The molecule has 2 heterocycles. The number of aromatic hydroxyl groups is 1. The van der Waals surface area contributed by atoms with E-state index >= 15 is 0 Å². The number of aromatic amines is 1. The van der Waals surface area contributed by atoms with Gasteiger partial charge in [0.05, 0.1) is 4.92 Å². The molecule has 1 saturated heterocycles. The standard InChI is InChI=1S/C20H19N3O4/c24-19-11-14(5-6-18(19)23(26)27)20(25)22-9-7-13(8-10-22)16-12-21-17-4-2-1-3-15(16)17/h1-6,11-13,21,24H,7-10H2. The van der Waals surface area contributed by atoms with Gasteiger partial charge in [0.1, 0.15) is 0 Å². The number of fused-ring (bicyclic) bond motifs is 1. The van der Waals surface area contributed by atoms with E-state index in [4.69, 9.17) is 0 Å². The number of phenols is 1. The molecular weight excluding hydrogens is 346 g/mol. The van der Waals surface area contributed by atoms with Gasteiger partial charge in [0.15, 0.2) is 5.75 Å². The van der Waals surface area contributed by atoms with Crippen molar-refractivity contribution in [2.45, 2.75) is 18.8 Å². The van der Waals surface area contributed by atoms with Crippen molar-refractivity contribution in [1.82, 2.24) is 9.88 Å². The van der Waals surface area contributed by atoms with Crippen molar-refractivity contribution >= 4 is 22.5 Å². The SMILES string of the molecule is O=C(c1ccc([N+](=O)[O-])c(O)c1)N1CCC(c2c[nH]c3ccccc23)CC1. The number of piperidine rings is 1. The fraction of sp³-hybridized carbons (Fsp3) is 0.250. The molecule has 0 unspecified atom stereocenters. The number of carbonyl (C=O) groups excluding carboxylic acids is 1. The van der Waals surface area contributed by atoms with Crippen LogP contribution in [-0.4, -0.2) is 38.9 Å². The van der Waals surface area contributed by atoms with E-state index in [1.807, 2.05) is 12.1 Å². The maximum atomic E-state index is 12.7. The molecule has 2 aromatic carbocycles. The van der Waals surface area contributed by atoms with Gasteiger partial charge in [-0.2, -0.15) is 0 Å². The number of phenolic OH excluding ortho intramolecular Hbond substituents is 1. The minimum atomic E-state index is -0.670. The molecule has 3 aromatic rings. The van der Waals surface area contributed by atoms with Gasteiger partial charge in [0.25, 0.3) is 5.91 Å². The minimum absolute atomic E-state index is 0.211. The van der Waals surface area contributed by atoms with Gasteiger partial charge in [-0.3, -0.25) is 14.9 Å². The third kappa shape index (κ3) is 3.12. The van der Waals surface area contributed by atoms with Gasteiger partial charge in [-0.05, 0) is 42.5 Å². The monoisotopic (exact) mass is 365 g/mol. The van der Waals surface area contributed by atoms with E-state index in [1.54, 1.807) is 4.90 Å². The maximum absolute atomic E-state index is 12.7. The van der Waals surface area contributed by atoms with E-state index in [9.17, 15) is 20.0 Å². The van der Waals surface area contributed by atoms with Crippen LogP contribution in [-0.2, 0) is 0 Å². The summed E-state index contributed by atoms with van der Waals surface area (Å²) in [7, 11) is 0. The molecule has 1 aliphatic heterocycles. The zero-order chi connectivity index (χ0) is 19.0. The van der Waals surface area contributed by atoms with Crippen molar-refractivity contribution in [2.75, 3.05) is 13.1 Å². The molecule has 0 spiro atoms. The largest absolute Gasteiger partial charge is 0.502 e. The van der Waals surface area contributed by atoms with Crippen LogP contribution in [0.3, 0.4) is 0 Å². The highest BCUT2D eigenvalue weighted by Crippen LogP contribution is 2.34. The van der Waals surface area contributed by atoms with Gasteiger partial charge in [0, 0.05) is 41.8 Å². The molecule has 2 N–H and O–H groups in total. The van der Waals surface area contributed by atoms with Crippen LogP contribution in [0.5, 0.6) is 5.75 Å². The number of hydrogen-bond donors (Lipinski definition) is 2. The Bertz CT molecular complexity index is 1020. The second-order valence-electron chi connectivity index (χ2n) is 6.82. The Balaban J connectivity index is 1.47. The van der Waals surface area contributed by atoms with Crippen LogP contribution in [0.15, 0.2) is 48.7 Å². The Morgan fingerprint density at radius 3 is 2.63 bits per heavy atom. The van der Waals surface area contributed by atoms with Crippen molar-refractivity contribution in [3.63, 3.8) is 0 Å². The van der Waals surface area contributed by atoms with Gasteiger partial charge < -0.3 is 15.0 Å². The first kappa shape index (κ1) is 17.1. The second-order valence-corrected chi connectivity index (χ2v) is 6.82. The number of nitrogens with zero attached hydrogens (tertiary/aromatic N) is 2. The van der Waals surface area contributed by atoms with Crippen molar-refractivity contribution in [1.29, 1.82) is 0 Å².